The zero-order valence-corrected chi connectivity index (χ0v) is 18.0. The van der Waals surface area contributed by atoms with E-state index in [0.29, 0.717) is 32.5 Å². The molecular formula is C22H21Cl3O3. The average Bonchev–Trinajstić information content (AvgIpc) is 2.62. The number of ether oxygens (including phenoxy) is 1. The SMILES string of the molecule is Cc1c(O)cccc1C(C)C.Oc1cc(Cl)ccc1Oc1ccc(Cl)cc1Cl. The van der Waals surface area contributed by atoms with Gasteiger partial charge >= 0.3 is 0 Å². The molecular weight excluding hydrogens is 419 g/mol. The van der Waals surface area contributed by atoms with Crippen molar-refractivity contribution in [3.8, 4) is 23.0 Å². The number of hydrogen-bond acceptors (Lipinski definition) is 3. The molecule has 3 nitrogen and oxygen atoms in total. The Labute approximate surface area is 180 Å². The molecule has 0 saturated heterocycles. The zero-order chi connectivity index (χ0) is 20.8. The van der Waals surface area contributed by atoms with Crippen molar-refractivity contribution in [2.75, 3.05) is 0 Å². The first-order valence-electron chi connectivity index (χ1n) is 8.59. The van der Waals surface area contributed by atoms with E-state index >= 15 is 0 Å². The maximum atomic E-state index is 9.62. The molecule has 148 valence electrons. The van der Waals surface area contributed by atoms with Crippen LogP contribution >= 0.6 is 34.8 Å². The van der Waals surface area contributed by atoms with Gasteiger partial charge in [0.2, 0.25) is 0 Å². The first kappa shape index (κ1) is 22.2. The van der Waals surface area contributed by atoms with Gasteiger partial charge in [-0.1, -0.05) is 60.8 Å². The Kier molecular flexibility index (Phi) is 7.88. The lowest BCUT2D eigenvalue weighted by Gasteiger charge is -2.09. The quantitative estimate of drug-likeness (QED) is 0.435. The summed E-state index contributed by atoms with van der Waals surface area (Å²) >= 11 is 17.4. The van der Waals surface area contributed by atoms with Gasteiger partial charge in [-0.15, -0.1) is 0 Å². The van der Waals surface area contributed by atoms with E-state index < -0.39 is 0 Å². The third-order valence-electron chi connectivity index (χ3n) is 4.00. The van der Waals surface area contributed by atoms with E-state index in [4.69, 9.17) is 39.5 Å². The van der Waals surface area contributed by atoms with Crippen LogP contribution in [0.25, 0.3) is 0 Å². The fourth-order valence-electron chi connectivity index (χ4n) is 2.52. The molecule has 3 rings (SSSR count). The van der Waals surface area contributed by atoms with Crippen LogP contribution in [0.3, 0.4) is 0 Å². The Bertz CT molecular complexity index is 906. The van der Waals surface area contributed by atoms with Crippen LogP contribution in [0.15, 0.2) is 54.6 Å². The standard InChI is InChI=1S/C12H7Cl3O2.C10H14O/c13-7-1-3-11(9(15)5-7)17-12-4-2-8(14)6-10(12)16;1-7(2)9-5-4-6-10(11)8(9)3/h1-6,16H;4-7,11H,1-3H3. The summed E-state index contributed by atoms with van der Waals surface area (Å²) in [5, 5.41) is 20.3. The van der Waals surface area contributed by atoms with Crippen molar-refractivity contribution >= 4 is 34.8 Å². The summed E-state index contributed by atoms with van der Waals surface area (Å²) in [6, 6.07) is 15.1. The number of phenolic OH excluding ortho intramolecular Hbond substituents is 2. The van der Waals surface area contributed by atoms with Crippen LogP contribution < -0.4 is 4.74 Å². The molecule has 0 bridgehead atoms. The molecule has 0 saturated carbocycles. The summed E-state index contributed by atoms with van der Waals surface area (Å²) in [5.41, 5.74) is 2.23. The summed E-state index contributed by atoms with van der Waals surface area (Å²) in [6.45, 7) is 6.20. The van der Waals surface area contributed by atoms with Gasteiger partial charge in [0.1, 0.15) is 11.5 Å². The third-order valence-corrected chi connectivity index (χ3v) is 4.77. The Morgan fingerprint density at radius 2 is 1.39 bits per heavy atom. The molecule has 0 aliphatic rings. The molecule has 2 N–H and O–H groups in total. The number of halogens is 3. The van der Waals surface area contributed by atoms with E-state index in [9.17, 15) is 10.2 Å². The molecule has 3 aromatic rings. The maximum Gasteiger partial charge on any atom is 0.169 e. The van der Waals surface area contributed by atoms with E-state index in [2.05, 4.69) is 19.9 Å². The van der Waals surface area contributed by atoms with Gasteiger partial charge in [0.05, 0.1) is 5.02 Å². The Morgan fingerprint density at radius 1 is 0.786 bits per heavy atom. The van der Waals surface area contributed by atoms with Crippen LogP contribution in [0.4, 0.5) is 0 Å². The first-order valence-corrected chi connectivity index (χ1v) is 9.72. The fraction of sp³-hybridized carbons (Fsp3) is 0.182. The van der Waals surface area contributed by atoms with Crippen molar-refractivity contribution in [1.29, 1.82) is 0 Å². The van der Waals surface area contributed by atoms with Gasteiger partial charge in [0, 0.05) is 16.1 Å². The average molecular weight is 440 g/mol. The number of rotatable bonds is 3. The highest BCUT2D eigenvalue weighted by Crippen LogP contribution is 2.36. The van der Waals surface area contributed by atoms with E-state index in [0.717, 1.165) is 5.56 Å². The highest BCUT2D eigenvalue weighted by molar-refractivity contribution is 6.35. The van der Waals surface area contributed by atoms with E-state index in [1.165, 1.54) is 11.6 Å². The smallest absolute Gasteiger partial charge is 0.169 e. The minimum atomic E-state index is -0.0523. The highest BCUT2D eigenvalue weighted by Gasteiger charge is 2.08. The van der Waals surface area contributed by atoms with Crippen LogP contribution in [0.5, 0.6) is 23.0 Å². The lowest BCUT2D eigenvalue weighted by molar-refractivity contribution is 0.411. The molecule has 0 spiro atoms. The molecule has 3 aromatic carbocycles. The number of phenols is 2. The second-order valence-electron chi connectivity index (χ2n) is 6.43. The number of hydrogen-bond donors (Lipinski definition) is 2. The Balaban J connectivity index is 0.000000221. The molecule has 0 amide bonds. The van der Waals surface area contributed by atoms with Crippen LogP contribution in [0.1, 0.15) is 30.9 Å². The minimum Gasteiger partial charge on any atom is -0.508 e. The van der Waals surface area contributed by atoms with Crippen molar-refractivity contribution in [1.82, 2.24) is 0 Å². The summed E-state index contributed by atoms with van der Waals surface area (Å²) in [5.74, 6) is 1.52. The van der Waals surface area contributed by atoms with Crippen molar-refractivity contribution in [3.63, 3.8) is 0 Å². The van der Waals surface area contributed by atoms with Crippen molar-refractivity contribution in [2.24, 2.45) is 0 Å². The van der Waals surface area contributed by atoms with Crippen molar-refractivity contribution in [2.45, 2.75) is 26.7 Å². The Morgan fingerprint density at radius 3 is 1.93 bits per heavy atom. The zero-order valence-electron chi connectivity index (χ0n) is 15.7. The highest BCUT2D eigenvalue weighted by atomic mass is 35.5. The predicted octanol–water partition coefficient (Wildman–Crippen LogP) is 7.97. The number of aromatic hydroxyl groups is 2. The van der Waals surface area contributed by atoms with Gasteiger partial charge in [-0.05, 0) is 60.4 Å². The molecule has 6 heteroatoms. The van der Waals surface area contributed by atoms with Crippen LogP contribution in [0.2, 0.25) is 15.1 Å². The van der Waals surface area contributed by atoms with Crippen LogP contribution in [0, 0.1) is 6.92 Å². The van der Waals surface area contributed by atoms with Gasteiger partial charge in [0.25, 0.3) is 0 Å². The van der Waals surface area contributed by atoms with Crippen LogP contribution in [-0.4, -0.2) is 10.2 Å². The lowest BCUT2D eigenvalue weighted by atomic mass is 9.98. The molecule has 28 heavy (non-hydrogen) atoms. The molecule has 0 heterocycles. The second-order valence-corrected chi connectivity index (χ2v) is 7.71. The largest absolute Gasteiger partial charge is 0.508 e. The summed E-state index contributed by atoms with van der Waals surface area (Å²) in [7, 11) is 0. The monoisotopic (exact) mass is 438 g/mol. The summed E-state index contributed by atoms with van der Waals surface area (Å²) in [6.07, 6.45) is 0. The normalized spacial score (nSPS) is 10.4. The maximum absolute atomic E-state index is 9.62. The molecule has 0 atom stereocenters. The minimum absolute atomic E-state index is 0.0523. The van der Waals surface area contributed by atoms with Gasteiger partial charge < -0.3 is 14.9 Å². The van der Waals surface area contributed by atoms with Gasteiger partial charge in [0.15, 0.2) is 11.5 Å². The van der Waals surface area contributed by atoms with E-state index in [1.54, 1.807) is 36.4 Å². The van der Waals surface area contributed by atoms with Crippen molar-refractivity contribution < 1.29 is 14.9 Å². The van der Waals surface area contributed by atoms with Gasteiger partial charge in [-0.3, -0.25) is 0 Å². The second kappa shape index (κ2) is 9.92. The molecule has 0 aliphatic heterocycles. The molecule has 0 aliphatic carbocycles. The summed E-state index contributed by atoms with van der Waals surface area (Å²) in [4.78, 5) is 0. The van der Waals surface area contributed by atoms with Crippen molar-refractivity contribution in [3.05, 3.63) is 80.8 Å². The lowest BCUT2D eigenvalue weighted by Crippen LogP contribution is -1.90. The summed E-state index contributed by atoms with van der Waals surface area (Å²) < 4.78 is 5.45. The molecule has 0 fully saturated rings. The Hall–Kier alpha value is -2.07. The van der Waals surface area contributed by atoms with Gasteiger partial charge in [-0.2, -0.15) is 0 Å². The third kappa shape index (κ3) is 5.96. The van der Waals surface area contributed by atoms with Gasteiger partial charge in [-0.25, -0.2) is 0 Å². The number of benzene rings is 3. The van der Waals surface area contributed by atoms with E-state index in [-0.39, 0.29) is 11.5 Å². The topological polar surface area (TPSA) is 49.7 Å². The molecule has 0 aromatic heterocycles. The molecule has 0 unspecified atom stereocenters. The van der Waals surface area contributed by atoms with E-state index in [1.807, 2.05) is 13.0 Å². The predicted molar refractivity (Wildman–Crippen MR) is 117 cm³/mol. The first-order chi connectivity index (χ1) is 13.2. The molecule has 0 radical (unpaired) electrons. The fourth-order valence-corrected chi connectivity index (χ4v) is 3.13. The van der Waals surface area contributed by atoms with Crippen LogP contribution in [-0.2, 0) is 0 Å².